The second-order valence-electron chi connectivity index (χ2n) is 3.25. The third-order valence-corrected chi connectivity index (χ3v) is 2.85. The predicted octanol–water partition coefficient (Wildman–Crippen LogP) is 3.88. The fourth-order valence-corrected chi connectivity index (χ4v) is 1.76. The molecule has 0 amide bonds. The molecule has 76 valence electrons. The van der Waals surface area contributed by atoms with Crippen molar-refractivity contribution in [3.63, 3.8) is 0 Å². The molecule has 0 spiro atoms. The van der Waals surface area contributed by atoms with Gasteiger partial charge in [0.15, 0.2) is 0 Å². The van der Waals surface area contributed by atoms with Crippen molar-refractivity contribution in [2.24, 2.45) is 5.73 Å². The molecule has 0 fully saturated rings. The van der Waals surface area contributed by atoms with Crippen LogP contribution in [0.2, 0.25) is 10.0 Å². The van der Waals surface area contributed by atoms with Gasteiger partial charge in [-0.05, 0) is 36.6 Å². The van der Waals surface area contributed by atoms with Crippen molar-refractivity contribution in [1.82, 2.24) is 0 Å². The van der Waals surface area contributed by atoms with E-state index in [0.717, 1.165) is 17.5 Å². The lowest BCUT2D eigenvalue weighted by Crippen LogP contribution is -2.10. The number of halogens is 2. The maximum atomic E-state index is 5.95. The van der Waals surface area contributed by atoms with Crippen LogP contribution in [0.3, 0.4) is 0 Å². The van der Waals surface area contributed by atoms with Gasteiger partial charge in [0.2, 0.25) is 0 Å². The van der Waals surface area contributed by atoms with Gasteiger partial charge in [0.05, 0.1) is 10.0 Å². The maximum Gasteiger partial charge on any atom is 0.0595 e. The minimum atomic E-state index is -0.0535. The molecule has 1 aromatic rings. The Bertz CT molecular complexity index is 347. The van der Waals surface area contributed by atoms with Gasteiger partial charge in [-0.2, -0.15) is 0 Å². The van der Waals surface area contributed by atoms with Crippen molar-refractivity contribution in [1.29, 1.82) is 0 Å². The summed E-state index contributed by atoms with van der Waals surface area (Å²) in [5.74, 6) is 0. The summed E-state index contributed by atoms with van der Waals surface area (Å²) in [7, 11) is 0. The number of rotatable bonds is 3. The van der Waals surface area contributed by atoms with E-state index in [4.69, 9.17) is 28.9 Å². The smallest absolute Gasteiger partial charge is 0.0595 e. The van der Waals surface area contributed by atoms with E-state index in [1.54, 1.807) is 6.08 Å². The van der Waals surface area contributed by atoms with E-state index in [1.807, 2.05) is 19.1 Å². The zero-order chi connectivity index (χ0) is 10.7. The number of benzene rings is 1. The van der Waals surface area contributed by atoms with Gasteiger partial charge in [-0.3, -0.25) is 0 Å². The lowest BCUT2D eigenvalue weighted by molar-refractivity contribution is 0.736. The van der Waals surface area contributed by atoms with Crippen molar-refractivity contribution in [2.75, 3.05) is 0 Å². The molecular weight excluding hydrogens is 217 g/mol. The summed E-state index contributed by atoms with van der Waals surface area (Å²) in [5, 5.41) is 1.12. The molecule has 1 aromatic carbocycles. The van der Waals surface area contributed by atoms with Crippen LogP contribution in [-0.4, -0.2) is 0 Å². The van der Waals surface area contributed by atoms with E-state index in [-0.39, 0.29) is 6.04 Å². The molecule has 0 unspecified atom stereocenters. The number of aryl methyl sites for hydroxylation is 1. The lowest BCUT2D eigenvalue weighted by atomic mass is 10.00. The topological polar surface area (TPSA) is 26.0 Å². The Morgan fingerprint density at radius 1 is 1.43 bits per heavy atom. The predicted molar refractivity (Wildman–Crippen MR) is 62.9 cm³/mol. The van der Waals surface area contributed by atoms with Crippen LogP contribution in [0.1, 0.15) is 23.6 Å². The molecule has 0 saturated heterocycles. The zero-order valence-corrected chi connectivity index (χ0v) is 9.57. The van der Waals surface area contributed by atoms with Crippen LogP contribution >= 0.6 is 23.2 Å². The Balaban J connectivity index is 3.08. The molecule has 1 nitrogen and oxygen atoms in total. The quantitative estimate of drug-likeness (QED) is 0.783. The summed E-state index contributed by atoms with van der Waals surface area (Å²) >= 11 is 11.8. The molecule has 1 atom stereocenters. The largest absolute Gasteiger partial charge is 0.324 e. The van der Waals surface area contributed by atoms with Crippen molar-refractivity contribution >= 4 is 23.2 Å². The van der Waals surface area contributed by atoms with Crippen LogP contribution in [-0.2, 0) is 0 Å². The van der Waals surface area contributed by atoms with E-state index in [2.05, 4.69) is 6.58 Å². The summed E-state index contributed by atoms with van der Waals surface area (Å²) in [4.78, 5) is 0. The Morgan fingerprint density at radius 3 is 2.57 bits per heavy atom. The monoisotopic (exact) mass is 229 g/mol. The van der Waals surface area contributed by atoms with Crippen molar-refractivity contribution in [3.8, 4) is 0 Å². The van der Waals surface area contributed by atoms with Gasteiger partial charge >= 0.3 is 0 Å². The van der Waals surface area contributed by atoms with Crippen LogP contribution in [0.25, 0.3) is 0 Å². The second-order valence-corrected chi connectivity index (χ2v) is 4.07. The standard InChI is InChI=1S/C11H13Cl2N/c1-3-4-11(14)8-6-10(13)9(12)5-7(8)2/h3,5-6,11H,1,4,14H2,2H3/t11-/m0/s1. The Morgan fingerprint density at radius 2 is 2.00 bits per heavy atom. The highest BCUT2D eigenvalue weighted by atomic mass is 35.5. The summed E-state index contributed by atoms with van der Waals surface area (Å²) in [6.45, 7) is 5.63. The van der Waals surface area contributed by atoms with Gasteiger partial charge in [-0.1, -0.05) is 29.3 Å². The van der Waals surface area contributed by atoms with Gasteiger partial charge in [0.25, 0.3) is 0 Å². The first-order valence-corrected chi connectivity index (χ1v) is 5.14. The minimum Gasteiger partial charge on any atom is -0.324 e. The molecule has 0 radical (unpaired) electrons. The first kappa shape index (κ1) is 11.6. The van der Waals surface area contributed by atoms with Crippen LogP contribution < -0.4 is 5.73 Å². The zero-order valence-electron chi connectivity index (χ0n) is 8.06. The van der Waals surface area contributed by atoms with Gasteiger partial charge in [-0.15, -0.1) is 6.58 Å². The molecule has 0 heterocycles. The lowest BCUT2D eigenvalue weighted by Gasteiger charge is -2.13. The molecule has 3 heteroatoms. The molecule has 0 aliphatic heterocycles. The highest BCUT2D eigenvalue weighted by Gasteiger charge is 2.10. The Labute approximate surface area is 94.5 Å². The van der Waals surface area contributed by atoms with Crippen LogP contribution in [0, 0.1) is 6.92 Å². The first-order chi connectivity index (χ1) is 6.56. The van der Waals surface area contributed by atoms with E-state index in [9.17, 15) is 0 Å². The van der Waals surface area contributed by atoms with Crippen molar-refractivity contribution in [2.45, 2.75) is 19.4 Å². The fraction of sp³-hybridized carbons (Fsp3) is 0.273. The fourth-order valence-electron chi connectivity index (χ4n) is 1.37. The van der Waals surface area contributed by atoms with E-state index in [0.29, 0.717) is 10.0 Å². The Hall–Kier alpha value is -0.500. The molecule has 0 bridgehead atoms. The van der Waals surface area contributed by atoms with E-state index in [1.165, 1.54) is 0 Å². The summed E-state index contributed by atoms with van der Waals surface area (Å²) in [6.07, 6.45) is 2.53. The van der Waals surface area contributed by atoms with E-state index < -0.39 is 0 Å². The molecule has 2 N–H and O–H groups in total. The van der Waals surface area contributed by atoms with Gasteiger partial charge in [-0.25, -0.2) is 0 Å². The van der Waals surface area contributed by atoms with Crippen molar-refractivity contribution in [3.05, 3.63) is 46.0 Å². The average molecular weight is 230 g/mol. The second kappa shape index (κ2) is 4.83. The molecule has 0 saturated carbocycles. The maximum absolute atomic E-state index is 5.95. The molecule has 0 aliphatic rings. The molecule has 14 heavy (non-hydrogen) atoms. The van der Waals surface area contributed by atoms with Crippen LogP contribution in [0.15, 0.2) is 24.8 Å². The van der Waals surface area contributed by atoms with Gasteiger partial charge in [0.1, 0.15) is 0 Å². The third-order valence-electron chi connectivity index (χ3n) is 2.13. The van der Waals surface area contributed by atoms with Gasteiger partial charge in [0, 0.05) is 6.04 Å². The number of hydrogen-bond acceptors (Lipinski definition) is 1. The first-order valence-electron chi connectivity index (χ1n) is 4.38. The van der Waals surface area contributed by atoms with E-state index >= 15 is 0 Å². The number of hydrogen-bond donors (Lipinski definition) is 1. The third kappa shape index (κ3) is 2.50. The highest BCUT2D eigenvalue weighted by Crippen LogP contribution is 2.29. The summed E-state index contributed by atoms with van der Waals surface area (Å²) in [6, 6.07) is 3.61. The summed E-state index contributed by atoms with van der Waals surface area (Å²) in [5.41, 5.74) is 8.04. The normalized spacial score (nSPS) is 12.6. The molecular formula is C11H13Cl2N. The molecule has 0 aromatic heterocycles. The highest BCUT2D eigenvalue weighted by molar-refractivity contribution is 6.42. The Kier molecular flexibility index (Phi) is 3.99. The number of nitrogens with two attached hydrogens (primary N) is 1. The SMILES string of the molecule is C=CC[C@H](N)c1cc(Cl)c(Cl)cc1C. The summed E-state index contributed by atoms with van der Waals surface area (Å²) < 4.78 is 0. The van der Waals surface area contributed by atoms with Gasteiger partial charge < -0.3 is 5.73 Å². The average Bonchev–Trinajstić information content (AvgIpc) is 2.11. The molecule has 0 aliphatic carbocycles. The molecule has 1 rings (SSSR count). The van der Waals surface area contributed by atoms with Crippen LogP contribution in [0.4, 0.5) is 0 Å². The van der Waals surface area contributed by atoms with Crippen molar-refractivity contribution < 1.29 is 0 Å². The van der Waals surface area contributed by atoms with Crippen LogP contribution in [0.5, 0.6) is 0 Å². The minimum absolute atomic E-state index is 0.0535.